The molecule has 3 nitrogen and oxygen atoms in total. The summed E-state index contributed by atoms with van der Waals surface area (Å²) in [5, 5.41) is 9.14. The van der Waals surface area contributed by atoms with Crippen LogP contribution >= 0.6 is 11.8 Å². The summed E-state index contributed by atoms with van der Waals surface area (Å²) in [5.41, 5.74) is 1.38. The average molecular weight is 274 g/mol. The predicted octanol–water partition coefficient (Wildman–Crippen LogP) is 3.47. The van der Waals surface area contributed by atoms with Gasteiger partial charge >= 0.3 is 5.97 Å². The van der Waals surface area contributed by atoms with Crippen LogP contribution in [-0.2, 0) is 11.3 Å². The SMILES string of the molecule is CSc1ccc(COC(=O)c2ccc(O)cc2)cc1. The first-order chi connectivity index (χ1) is 9.19. The van der Waals surface area contributed by atoms with Gasteiger partial charge in [0.1, 0.15) is 12.4 Å². The Hall–Kier alpha value is -1.94. The number of phenolic OH excluding ortho intramolecular Hbond substituents is 1. The molecule has 2 aromatic carbocycles. The molecular formula is C15H14O3S. The minimum atomic E-state index is -0.394. The highest BCUT2D eigenvalue weighted by Crippen LogP contribution is 2.16. The Balaban J connectivity index is 1.94. The van der Waals surface area contributed by atoms with Gasteiger partial charge in [0.25, 0.3) is 0 Å². The number of esters is 1. The van der Waals surface area contributed by atoms with Crippen LogP contribution in [0.15, 0.2) is 53.4 Å². The van der Waals surface area contributed by atoms with E-state index in [0.717, 1.165) is 5.56 Å². The second-order valence-electron chi connectivity index (χ2n) is 3.97. The van der Waals surface area contributed by atoms with Gasteiger partial charge in [-0.2, -0.15) is 0 Å². The van der Waals surface area contributed by atoms with E-state index < -0.39 is 5.97 Å². The van der Waals surface area contributed by atoms with Gasteiger partial charge in [0.15, 0.2) is 0 Å². The van der Waals surface area contributed by atoms with Gasteiger partial charge in [-0.15, -0.1) is 11.8 Å². The number of carbonyl (C=O) groups is 1. The quantitative estimate of drug-likeness (QED) is 0.685. The fourth-order valence-corrected chi connectivity index (χ4v) is 1.96. The summed E-state index contributed by atoms with van der Waals surface area (Å²) in [4.78, 5) is 12.9. The predicted molar refractivity (Wildman–Crippen MR) is 75.4 cm³/mol. The van der Waals surface area contributed by atoms with Gasteiger partial charge in [0, 0.05) is 4.90 Å². The largest absolute Gasteiger partial charge is 0.508 e. The topological polar surface area (TPSA) is 46.5 Å². The second-order valence-corrected chi connectivity index (χ2v) is 4.85. The van der Waals surface area contributed by atoms with Crippen LogP contribution in [0, 0.1) is 0 Å². The monoisotopic (exact) mass is 274 g/mol. The van der Waals surface area contributed by atoms with Crippen LogP contribution in [-0.4, -0.2) is 17.3 Å². The van der Waals surface area contributed by atoms with Gasteiger partial charge < -0.3 is 9.84 Å². The van der Waals surface area contributed by atoms with Crippen molar-refractivity contribution in [1.29, 1.82) is 0 Å². The molecule has 0 saturated carbocycles. The minimum absolute atomic E-state index is 0.129. The van der Waals surface area contributed by atoms with E-state index in [1.165, 1.54) is 29.2 Å². The fraction of sp³-hybridized carbons (Fsp3) is 0.133. The molecule has 2 aromatic rings. The lowest BCUT2D eigenvalue weighted by Crippen LogP contribution is -2.04. The average Bonchev–Trinajstić information content (AvgIpc) is 2.46. The van der Waals surface area contributed by atoms with E-state index in [2.05, 4.69) is 0 Å². The highest BCUT2D eigenvalue weighted by atomic mass is 32.2. The van der Waals surface area contributed by atoms with Crippen molar-refractivity contribution < 1.29 is 14.6 Å². The van der Waals surface area contributed by atoms with Crippen molar-refractivity contribution in [2.24, 2.45) is 0 Å². The zero-order valence-corrected chi connectivity index (χ0v) is 11.3. The standard InChI is InChI=1S/C15H14O3S/c1-19-14-8-2-11(3-9-14)10-18-15(17)12-4-6-13(16)7-5-12/h2-9,16H,10H2,1H3. The van der Waals surface area contributed by atoms with Crippen LogP contribution in [0.25, 0.3) is 0 Å². The molecule has 0 atom stereocenters. The van der Waals surface area contributed by atoms with Gasteiger partial charge in [-0.05, 0) is 48.2 Å². The maximum absolute atomic E-state index is 11.7. The highest BCUT2D eigenvalue weighted by molar-refractivity contribution is 7.98. The highest BCUT2D eigenvalue weighted by Gasteiger charge is 2.07. The van der Waals surface area contributed by atoms with E-state index in [-0.39, 0.29) is 12.4 Å². The Morgan fingerprint density at radius 2 is 1.74 bits per heavy atom. The summed E-state index contributed by atoms with van der Waals surface area (Å²) >= 11 is 1.67. The number of thioether (sulfide) groups is 1. The Kier molecular flexibility index (Phi) is 4.47. The lowest BCUT2D eigenvalue weighted by molar-refractivity contribution is 0.0472. The maximum atomic E-state index is 11.7. The lowest BCUT2D eigenvalue weighted by atomic mass is 10.2. The molecule has 0 aliphatic rings. The molecule has 0 radical (unpaired) electrons. The summed E-state index contributed by atoms with van der Waals surface area (Å²) in [6.07, 6.45) is 2.01. The summed E-state index contributed by atoms with van der Waals surface area (Å²) < 4.78 is 5.20. The van der Waals surface area contributed by atoms with Crippen LogP contribution in [0.4, 0.5) is 0 Å². The van der Waals surface area contributed by atoms with E-state index >= 15 is 0 Å². The van der Waals surface area contributed by atoms with Gasteiger partial charge in [-0.3, -0.25) is 0 Å². The Morgan fingerprint density at radius 1 is 1.11 bits per heavy atom. The summed E-state index contributed by atoms with van der Waals surface area (Å²) in [6.45, 7) is 0.244. The van der Waals surface area contributed by atoms with Crippen molar-refractivity contribution in [3.8, 4) is 5.75 Å². The third-order valence-corrected chi connectivity index (χ3v) is 3.38. The van der Waals surface area contributed by atoms with Crippen LogP contribution in [0.3, 0.4) is 0 Å². The van der Waals surface area contributed by atoms with E-state index in [1.807, 2.05) is 30.5 Å². The molecule has 0 saturated heterocycles. The minimum Gasteiger partial charge on any atom is -0.508 e. The molecule has 0 bridgehead atoms. The number of aromatic hydroxyl groups is 1. The number of rotatable bonds is 4. The molecule has 98 valence electrons. The van der Waals surface area contributed by atoms with E-state index in [9.17, 15) is 4.79 Å². The summed E-state index contributed by atoms with van der Waals surface area (Å²) in [7, 11) is 0. The summed E-state index contributed by atoms with van der Waals surface area (Å²) in [5.74, 6) is -0.266. The number of hydrogen-bond donors (Lipinski definition) is 1. The molecule has 0 aliphatic heterocycles. The zero-order chi connectivity index (χ0) is 13.7. The smallest absolute Gasteiger partial charge is 0.338 e. The normalized spacial score (nSPS) is 10.2. The van der Waals surface area contributed by atoms with Crippen molar-refractivity contribution in [1.82, 2.24) is 0 Å². The Labute approximate surface area is 116 Å². The number of phenols is 1. The molecule has 0 amide bonds. The van der Waals surface area contributed by atoms with E-state index in [1.54, 1.807) is 11.8 Å². The molecule has 0 aliphatic carbocycles. The van der Waals surface area contributed by atoms with Gasteiger partial charge in [-0.25, -0.2) is 4.79 Å². The van der Waals surface area contributed by atoms with Crippen molar-refractivity contribution in [2.45, 2.75) is 11.5 Å². The number of hydrogen-bond acceptors (Lipinski definition) is 4. The number of benzene rings is 2. The number of carbonyl (C=O) groups excluding carboxylic acids is 1. The Bertz CT molecular complexity index is 547. The third-order valence-electron chi connectivity index (χ3n) is 2.63. The lowest BCUT2D eigenvalue weighted by Gasteiger charge is -2.05. The molecule has 0 heterocycles. The van der Waals surface area contributed by atoms with Gasteiger partial charge in [0.05, 0.1) is 5.56 Å². The first-order valence-electron chi connectivity index (χ1n) is 5.78. The molecule has 0 aromatic heterocycles. The van der Waals surface area contributed by atoms with Crippen LogP contribution in [0.1, 0.15) is 15.9 Å². The van der Waals surface area contributed by atoms with Crippen molar-refractivity contribution >= 4 is 17.7 Å². The molecule has 0 fully saturated rings. The molecule has 0 unspecified atom stereocenters. The molecular weight excluding hydrogens is 260 g/mol. The summed E-state index contributed by atoms with van der Waals surface area (Å²) in [6, 6.07) is 13.9. The molecule has 1 N–H and O–H groups in total. The second kappa shape index (κ2) is 6.29. The number of ether oxygens (including phenoxy) is 1. The zero-order valence-electron chi connectivity index (χ0n) is 10.5. The van der Waals surface area contributed by atoms with Crippen LogP contribution in [0.5, 0.6) is 5.75 Å². The van der Waals surface area contributed by atoms with Crippen molar-refractivity contribution in [2.75, 3.05) is 6.26 Å². The van der Waals surface area contributed by atoms with Crippen LogP contribution in [0.2, 0.25) is 0 Å². The maximum Gasteiger partial charge on any atom is 0.338 e. The molecule has 4 heteroatoms. The van der Waals surface area contributed by atoms with E-state index in [4.69, 9.17) is 9.84 Å². The van der Waals surface area contributed by atoms with Crippen molar-refractivity contribution in [3.05, 3.63) is 59.7 Å². The van der Waals surface area contributed by atoms with Gasteiger partial charge in [-0.1, -0.05) is 12.1 Å². The van der Waals surface area contributed by atoms with Gasteiger partial charge in [0.2, 0.25) is 0 Å². The van der Waals surface area contributed by atoms with E-state index in [0.29, 0.717) is 5.56 Å². The molecule has 19 heavy (non-hydrogen) atoms. The fourth-order valence-electron chi connectivity index (χ4n) is 1.55. The van der Waals surface area contributed by atoms with Crippen LogP contribution < -0.4 is 0 Å². The van der Waals surface area contributed by atoms with Crippen molar-refractivity contribution in [3.63, 3.8) is 0 Å². The molecule has 2 rings (SSSR count). The third kappa shape index (κ3) is 3.76. The Morgan fingerprint density at radius 3 is 2.32 bits per heavy atom. The first-order valence-corrected chi connectivity index (χ1v) is 7.00. The first kappa shape index (κ1) is 13.5. The molecule has 0 spiro atoms.